The van der Waals surface area contributed by atoms with Gasteiger partial charge in [0.1, 0.15) is 6.33 Å². The van der Waals surface area contributed by atoms with Crippen LogP contribution in [0, 0.1) is 29.0 Å². The molecular formula is C26H19ClF2N10O2. The number of hydrogen-bond acceptors (Lipinski definition) is 7. The molecule has 5 aromatic heterocycles. The molecule has 0 amide bonds. The SMILES string of the molecule is Cc1cc(-c2cnn(C(Cn3cc(F)cn3)c3ccc(-c4c(-n5cnnn5)ccc(Cl)c4F)c[n+]3[O-])c2)cc[n+]1[O-]. The molecule has 5 heterocycles. The van der Waals surface area contributed by atoms with Gasteiger partial charge >= 0.3 is 0 Å². The summed E-state index contributed by atoms with van der Waals surface area (Å²) in [6, 6.07) is 8.65. The highest BCUT2D eigenvalue weighted by atomic mass is 35.5. The Hall–Kier alpha value is -5.24. The van der Waals surface area contributed by atoms with Crippen LogP contribution in [0.4, 0.5) is 8.78 Å². The van der Waals surface area contributed by atoms with E-state index in [1.54, 1.807) is 48.3 Å². The van der Waals surface area contributed by atoms with Crippen molar-refractivity contribution in [2.75, 3.05) is 0 Å². The third-order valence-corrected chi connectivity index (χ3v) is 6.85. The maximum Gasteiger partial charge on any atom is 0.219 e. The molecule has 1 atom stereocenters. The van der Waals surface area contributed by atoms with Crippen LogP contribution in [0.5, 0.6) is 0 Å². The minimum atomic E-state index is -0.745. The average molecular weight is 577 g/mol. The average Bonchev–Trinajstić information content (AvgIpc) is 3.73. The molecule has 41 heavy (non-hydrogen) atoms. The summed E-state index contributed by atoms with van der Waals surface area (Å²) in [5.41, 5.74) is 2.72. The molecule has 206 valence electrons. The molecule has 0 aliphatic rings. The Balaban J connectivity index is 1.43. The minimum absolute atomic E-state index is 0.0306. The van der Waals surface area contributed by atoms with E-state index in [9.17, 15) is 14.8 Å². The fourth-order valence-corrected chi connectivity index (χ4v) is 4.70. The summed E-state index contributed by atoms with van der Waals surface area (Å²) in [5.74, 6) is -1.28. The van der Waals surface area contributed by atoms with Gasteiger partial charge in [0.2, 0.25) is 5.69 Å². The van der Waals surface area contributed by atoms with Gasteiger partial charge in [0, 0.05) is 36.9 Å². The second-order valence-corrected chi connectivity index (χ2v) is 9.57. The molecule has 12 nitrogen and oxygen atoms in total. The van der Waals surface area contributed by atoms with Crippen molar-refractivity contribution in [3.8, 4) is 27.9 Å². The first-order valence-corrected chi connectivity index (χ1v) is 12.5. The van der Waals surface area contributed by atoms with Crippen LogP contribution in [-0.4, -0.2) is 39.8 Å². The number of aromatic nitrogens is 10. The van der Waals surface area contributed by atoms with Gasteiger partial charge in [-0.3, -0.25) is 9.36 Å². The molecule has 15 heteroatoms. The molecule has 0 aliphatic carbocycles. The Morgan fingerprint density at radius 3 is 2.54 bits per heavy atom. The van der Waals surface area contributed by atoms with Gasteiger partial charge in [-0.2, -0.15) is 24.3 Å². The van der Waals surface area contributed by atoms with Crippen molar-refractivity contribution in [3.05, 3.63) is 118 Å². The van der Waals surface area contributed by atoms with E-state index < -0.39 is 17.7 Å². The molecule has 0 spiro atoms. The Morgan fingerprint density at radius 1 is 0.976 bits per heavy atom. The summed E-state index contributed by atoms with van der Waals surface area (Å²) in [5, 5.41) is 44.6. The summed E-state index contributed by atoms with van der Waals surface area (Å²) >= 11 is 6.07. The number of rotatable bonds is 7. The van der Waals surface area contributed by atoms with Crippen LogP contribution < -0.4 is 9.46 Å². The first-order valence-electron chi connectivity index (χ1n) is 12.2. The van der Waals surface area contributed by atoms with Gasteiger partial charge in [0.05, 0.1) is 47.0 Å². The highest BCUT2D eigenvalue weighted by Crippen LogP contribution is 2.33. The molecule has 0 fully saturated rings. The highest BCUT2D eigenvalue weighted by Gasteiger charge is 2.27. The molecule has 0 saturated carbocycles. The fraction of sp³-hybridized carbons (Fsp3) is 0.115. The van der Waals surface area contributed by atoms with Crippen molar-refractivity contribution >= 4 is 11.6 Å². The minimum Gasteiger partial charge on any atom is -0.619 e. The van der Waals surface area contributed by atoms with Crippen LogP contribution in [0.25, 0.3) is 27.9 Å². The monoisotopic (exact) mass is 576 g/mol. The Labute approximate surface area is 235 Å². The van der Waals surface area contributed by atoms with E-state index in [-0.39, 0.29) is 34.1 Å². The number of nitrogens with zero attached hydrogens (tertiary/aromatic N) is 10. The maximum atomic E-state index is 15.3. The summed E-state index contributed by atoms with van der Waals surface area (Å²) < 4.78 is 34.6. The number of hydrogen-bond donors (Lipinski definition) is 0. The van der Waals surface area contributed by atoms with Crippen molar-refractivity contribution in [1.82, 2.24) is 39.8 Å². The Kier molecular flexibility index (Phi) is 6.59. The van der Waals surface area contributed by atoms with Crippen LogP contribution in [0.2, 0.25) is 5.02 Å². The van der Waals surface area contributed by atoms with Gasteiger partial charge in [-0.05, 0) is 34.2 Å². The standard InChI is InChI=1S/C26H19ClF2N10O2/c1-16-8-17(6-7-38(16)40)19-9-32-36(11-19)24(14-35-13-20(28)10-31-35)22-4-2-18(12-39(22)41)25-23(37-15-30-33-34-37)5-3-21(27)26(25)29/h2-13,15,24H,14H2,1H3. The first kappa shape index (κ1) is 26.0. The fourth-order valence-electron chi connectivity index (χ4n) is 4.54. The van der Waals surface area contributed by atoms with Gasteiger partial charge in [-0.1, -0.05) is 11.6 Å². The van der Waals surface area contributed by atoms with E-state index in [2.05, 4.69) is 25.7 Å². The van der Waals surface area contributed by atoms with E-state index in [4.69, 9.17) is 11.6 Å². The van der Waals surface area contributed by atoms with Gasteiger partial charge in [-0.25, -0.2) is 8.78 Å². The second kappa shape index (κ2) is 10.4. The first-order chi connectivity index (χ1) is 19.8. The van der Waals surface area contributed by atoms with Crippen molar-refractivity contribution in [2.24, 2.45) is 0 Å². The predicted octanol–water partition coefficient (Wildman–Crippen LogP) is 3.19. The van der Waals surface area contributed by atoms with Crippen molar-refractivity contribution in [3.63, 3.8) is 0 Å². The smallest absolute Gasteiger partial charge is 0.219 e. The number of aryl methyl sites for hydroxylation is 1. The lowest BCUT2D eigenvalue weighted by Crippen LogP contribution is -2.37. The van der Waals surface area contributed by atoms with E-state index >= 15 is 4.39 Å². The topological polar surface area (TPSA) is 133 Å². The van der Waals surface area contributed by atoms with Crippen molar-refractivity contribution in [2.45, 2.75) is 19.5 Å². The van der Waals surface area contributed by atoms with Gasteiger partial charge < -0.3 is 10.4 Å². The number of tetrazole rings is 1. The summed E-state index contributed by atoms with van der Waals surface area (Å²) in [6.45, 7) is 1.74. The lowest BCUT2D eigenvalue weighted by atomic mass is 10.0. The van der Waals surface area contributed by atoms with Gasteiger partial charge in [0.15, 0.2) is 35.8 Å². The lowest BCUT2D eigenvalue weighted by Gasteiger charge is -2.18. The van der Waals surface area contributed by atoms with Crippen LogP contribution in [0.15, 0.2) is 79.9 Å². The highest BCUT2D eigenvalue weighted by molar-refractivity contribution is 6.31. The van der Waals surface area contributed by atoms with Crippen LogP contribution in [-0.2, 0) is 6.54 Å². The quantitative estimate of drug-likeness (QED) is 0.210. The zero-order chi connectivity index (χ0) is 28.7. The zero-order valence-corrected chi connectivity index (χ0v) is 22.0. The number of benzene rings is 1. The lowest BCUT2D eigenvalue weighted by molar-refractivity contribution is -0.615. The summed E-state index contributed by atoms with van der Waals surface area (Å²) in [4.78, 5) is 0. The molecule has 0 N–H and O–H groups in total. The number of pyridine rings is 2. The summed E-state index contributed by atoms with van der Waals surface area (Å²) in [7, 11) is 0. The maximum absolute atomic E-state index is 15.3. The second-order valence-electron chi connectivity index (χ2n) is 9.17. The molecule has 6 aromatic rings. The molecule has 1 unspecified atom stereocenters. The molecule has 0 aliphatic heterocycles. The van der Waals surface area contributed by atoms with Crippen molar-refractivity contribution in [1.29, 1.82) is 0 Å². The van der Waals surface area contributed by atoms with E-state index in [0.717, 1.165) is 16.5 Å². The van der Waals surface area contributed by atoms with E-state index in [1.807, 2.05) is 0 Å². The Bertz CT molecular complexity index is 1870. The molecular weight excluding hydrogens is 558 g/mol. The molecule has 0 bridgehead atoms. The van der Waals surface area contributed by atoms with Crippen LogP contribution in [0.3, 0.4) is 0 Å². The van der Waals surface area contributed by atoms with E-state index in [1.165, 1.54) is 46.4 Å². The zero-order valence-electron chi connectivity index (χ0n) is 21.2. The molecule has 1 aromatic carbocycles. The number of halogens is 3. The van der Waals surface area contributed by atoms with Crippen molar-refractivity contribution < 1.29 is 18.2 Å². The molecule has 0 saturated heterocycles. The summed E-state index contributed by atoms with van der Waals surface area (Å²) in [6.07, 6.45) is 9.49. The Morgan fingerprint density at radius 2 is 1.83 bits per heavy atom. The van der Waals surface area contributed by atoms with Crippen LogP contribution in [0.1, 0.15) is 17.4 Å². The molecule has 6 rings (SSSR count). The van der Waals surface area contributed by atoms with Gasteiger partial charge in [0.25, 0.3) is 0 Å². The van der Waals surface area contributed by atoms with E-state index in [0.29, 0.717) is 16.0 Å². The predicted molar refractivity (Wildman–Crippen MR) is 140 cm³/mol. The van der Waals surface area contributed by atoms with Crippen LogP contribution >= 0.6 is 11.6 Å². The normalized spacial score (nSPS) is 12.1. The molecule has 0 radical (unpaired) electrons. The third-order valence-electron chi connectivity index (χ3n) is 6.56. The van der Waals surface area contributed by atoms with Gasteiger partial charge in [-0.15, -0.1) is 5.10 Å². The third kappa shape index (κ3) is 4.96. The largest absolute Gasteiger partial charge is 0.619 e.